The highest BCUT2D eigenvalue weighted by atomic mass is 16.4. The highest BCUT2D eigenvalue weighted by Gasteiger charge is 2.37. The average Bonchev–Trinajstić information content (AvgIpc) is 2.60. The predicted octanol–water partition coefficient (Wildman–Crippen LogP) is 4.09. The predicted molar refractivity (Wildman–Crippen MR) is 100.0 cm³/mol. The molecule has 2 aliphatic rings. The zero-order valence-corrected chi connectivity index (χ0v) is 14.7. The molecule has 2 aromatic carbocycles. The maximum atomic E-state index is 12.8. The van der Waals surface area contributed by atoms with E-state index in [1.165, 1.54) is 24.2 Å². The summed E-state index contributed by atoms with van der Waals surface area (Å²) in [5, 5.41) is 14.6. The Morgan fingerprint density at radius 3 is 2.46 bits per heavy atom. The lowest BCUT2D eigenvalue weighted by atomic mass is 9.71. The molecule has 5 heteroatoms. The molecule has 1 heterocycles. The van der Waals surface area contributed by atoms with Crippen LogP contribution in [0.3, 0.4) is 0 Å². The van der Waals surface area contributed by atoms with Gasteiger partial charge in [0, 0.05) is 12.1 Å². The van der Waals surface area contributed by atoms with Gasteiger partial charge in [0.15, 0.2) is 0 Å². The first-order chi connectivity index (χ1) is 12.6. The molecule has 5 nitrogen and oxygen atoms in total. The molecular weight excluding hydrogens is 328 g/mol. The van der Waals surface area contributed by atoms with E-state index in [1.807, 2.05) is 36.4 Å². The van der Waals surface area contributed by atoms with Crippen molar-refractivity contribution in [3.8, 4) is 0 Å². The second-order valence-electron chi connectivity index (χ2n) is 7.50. The van der Waals surface area contributed by atoms with E-state index in [9.17, 15) is 14.7 Å². The lowest BCUT2D eigenvalue weighted by molar-refractivity contribution is 0.0429. The zero-order chi connectivity index (χ0) is 18.1. The van der Waals surface area contributed by atoms with E-state index >= 15 is 0 Å². The second kappa shape index (κ2) is 6.98. The van der Waals surface area contributed by atoms with Crippen LogP contribution in [0.2, 0.25) is 0 Å². The number of benzene rings is 2. The Hall–Kier alpha value is -2.56. The molecule has 1 aliphatic heterocycles. The Labute approximate surface area is 153 Å². The van der Waals surface area contributed by atoms with Crippen molar-refractivity contribution in [3.05, 3.63) is 48.0 Å². The third-order valence-electron chi connectivity index (χ3n) is 6.01. The van der Waals surface area contributed by atoms with Crippen LogP contribution in [0.15, 0.2) is 42.5 Å². The van der Waals surface area contributed by atoms with Crippen LogP contribution in [0, 0.1) is 11.8 Å². The minimum atomic E-state index is -0.958. The Bertz CT molecular complexity index is 831. The van der Waals surface area contributed by atoms with Crippen molar-refractivity contribution in [3.63, 3.8) is 0 Å². The average molecular weight is 352 g/mol. The van der Waals surface area contributed by atoms with Crippen LogP contribution in [0.5, 0.6) is 0 Å². The molecule has 1 saturated heterocycles. The number of nitrogens with one attached hydrogen (secondary N) is 1. The molecule has 1 saturated carbocycles. The number of likely N-dealkylation sites (tertiary alicyclic amines) is 1. The fourth-order valence-electron chi connectivity index (χ4n) is 4.26. The Morgan fingerprint density at radius 2 is 1.77 bits per heavy atom. The third-order valence-corrected chi connectivity index (χ3v) is 6.01. The van der Waals surface area contributed by atoms with Crippen molar-refractivity contribution >= 4 is 22.8 Å². The molecule has 2 N–H and O–H groups in total. The Kier molecular flexibility index (Phi) is 4.53. The minimum Gasteiger partial charge on any atom is -0.465 e. The van der Waals surface area contributed by atoms with E-state index in [0.29, 0.717) is 23.9 Å². The molecule has 26 heavy (non-hydrogen) atoms. The maximum absolute atomic E-state index is 12.8. The monoisotopic (exact) mass is 352 g/mol. The highest BCUT2D eigenvalue weighted by molar-refractivity contribution is 5.98. The van der Waals surface area contributed by atoms with Crippen molar-refractivity contribution < 1.29 is 14.7 Å². The number of rotatable bonds is 3. The van der Waals surface area contributed by atoms with Gasteiger partial charge in [-0.25, -0.2) is 4.79 Å². The molecule has 0 aromatic heterocycles. The first-order valence-corrected chi connectivity index (χ1v) is 9.41. The first-order valence-electron chi connectivity index (χ1n) is 9.41. The van der Waals surface area contributed by atoms with E-state index in [2.05, 4.69) is 5.32 Å². The molecule has 2 atom stereocenters. The molecule has 0 radical (unpaired) electrons. The van der Waals surface area contributed by atoms with Crippen molar-refractivity contribution in [1.82, 2.24) is 10.2 Å². The summed E-state index contributed by atoms with van der Waals surface area (Å²) in [7, 11) is 0. The van der Waals surface area contributed by atoms with E-state index in [-0.39, 0.29) is 5.91 Å². The summed E-state index contributed by atoms with van der Waals surface area (Å²) >= 11 is 0. The Morgan fingerprint density at radius 1 is 1.00 bits per heavy atom. The van der Waals surface area contributed by atoms with E-state index in [0.717, 1.165) is 23.6 Å². The van der Waals surface area contributed by atoms with Gasteiger partial charge in [0.1, 0.15) is 6.17 Å². The van der Waals surface area contributed by atoms with Gasteiger partial charge in [-0.3, -0.25) is 9.69 Å². The molecule has 2 fully saturated rings. The molecule has 2 aromatic rings. The van der Waals surface area contributed by atoms with Crippen molar-refractivity contribution in [2.75, 3.05) is 6.54 Å². The quantitative estimate of drug-likeness (QED) is 0.874. The normalized spacial score (nSPS) is 23.5. The summed E-state index contributed by atoms with van der Waals surface area (Å²) in [5.41, 5.74) is 0.569. The molecule has 2 unspecified atom stereocenters. The highest BCUT2D eigenvalue weighted by Crippen LogP contribution is 2.39. The van der Waals surface area contributed by atoms with Crippen LogP contribution in [0.1, 0.15) is 42.5 Å². The maximum Gasteiger partial charge on any atom is 0.408 e. The van der Waals surface area contributed by atoms with Crippen molar-refractivity contribution in [2.24, 2.45) is 11.8 Å². The van der Waals surface area contributed by atoms with Crippen LogP contribution < -0.4 is 5.32 Å². The number of nitrogens with zero attached hydrogens (tertiary/aromatic N) is 1. The van der Waals surface area contributed by atoms with Gasteiger partial charge in [0.2, 0.25) is 0 Å². The Balaban J connectivity index is 1.51. The summed E-state index contributed by atoms with van der Waals surface area (Å²) in [6.07, 6.45) is 3.98. The van der Waals surface area contributed by atoms with Crippen LogP contribution in [-0.2, 0) is 0 Å². The minimum absolute atomic E-state index is 0.207. The molecule has 0 bridgehead atoms. The van der Waals surface area contributed by atoms with Crippen LogP contribution in [-0.4, -0.2) is 34.7 Å². The fraction of sp³-hybridized carbons (Fsp3) is 0.429. The fourth-order valence-corrected chi connectivity index (χ4v) is 4.26. The summed E-state index contributed by atoms with van der Waals surface area (Å²) in [5.74, 6) is 1.01. The number of carbonyl (C=O) groups is 2. The molecular formula is C21H24N2O3. The summed E-state index contributed by atoms with van der Waals surface area (Å²) in [6.45, 7) is 0.499. The summed E-state index contributed by atoms with van der Waals surface area (Å²) in [4.78, 5) is 25.7. The number of hydrogen-bond acceptors (Lipinski definition) is 2. The van der Waals surface area contributed by atoms with E-state index < -0.39 is 12.3 Å². The van der Waals surface area contributed by atoms with Gasteiger partial charge in [-0.15, -0.1) is 0 Å². The van der Waals surface area contributed by atoms with Gasteiger partial charge in [0.25, 0.3) is 5.91 Å². The lowest BCUT2D eigenvalue weighted by Crippen LogP contribution is -2.55. The number of amides is 2. The molecule has 0 spiro atoms. The van der Waals surface area contributed by atoms with Crippen LogP contribution >= 0.6 is 0 Å². The largest absolute Gasteiger partial charge is 0.465 e. The summed E-state index contributed by atoms with van der Waals surface area (Å²) in [6, 6.07) is 13.5. The standard InChI is InChI=1S/C21H24N2O3/c24-20(18-9-8-15-4-1-2-5-16(15)12-18)22-19-13-17(14-6-3-7-14)10-11-23(19)21(25)26/h1-2,4-5,8-9,12,14,17,19H,3,6-7,10-11,13H2,(H,22,24)(H,25,26). The van der Waals surface area contributed by atoms with Gasteiger partial charge in [-0.1, -0.05) is 49.6 Å². The van der Waals surface area contributed by atoms with E-state index in [1.54, 1.807) is 6.07 Å². The van der Waals surface area contributed by atoms with E-state index in [4.69, 9.17) is 0 Å². The van der Waals surface area contributed by atoms with Crippen molar-refractivity contribution in [2.45, 2.75) is 38.3 Å². The van der Waals surface area contributed by atoms with Crippen LogP contribution in [0.25, 0.3) is 10.8 Å². The molecule has 136 valence electrons. The third kappa shape index (κ3) is 3.26. The molecule has 2 amide bonds. The van der Waals surface area contributed by atoms with Crippen LogP contribution in [0.4, 0.5) is 4.79 Å². The van der Waals surface area contributed by atoms with Gasteiger partial charge in [0.05, 0.1) is 0 Å². The molecule has 4 rings (SSSR count). The zero-order valence-electron chi connectivity index (χ0n) is 14.7. The smallest absolute Gasteiger partial charge is 0.408 e. The van der Waals surface area contributed by atoms with Gasteiger partial charge >= 0.3 is 6.09 Å². The second-order valence-corrected chi connectivity index (χ2v) is 7.50. The SMILES string of the molecule is O=C(NC1CC(C2CCC2)CCN1C(=O)O)c1ccc2ccccc2c1. The number of carboxylic acid groups (broad SMARTS) is 1. The number of piperidine rings is 1. The lowest BCUT2D eigenvalue weighted by Gasteiger charge is -2.43. The van der Waals surface area contributed by atoms with Crippen molar-refractivity contribution in [1.29, 1.82) is 0 Å². The molecule has 1 aliphatic carbocycles. The van der Waals surface area contributed by atoms with Gasteiger partial charge < -0.3 is 10.4 Å². The first kappa shape index (κ1) is 16.9. The number of carbonyl (C=O) groups excluding carboxylic acids is 1. The summed E-state index contributed by atoms with van der Waals surface area (Å²) < 4.78 is 0. The number of hydrogen-bond donors (Lipinski definition) is 2. The van der Waals surface area contributed by atoms with Gasteiger partial charge in [-0.2, -0.15) is 0 Å². The number of fused-ring (bicyclic) bond motifs is 1. The van der Waals surface area contributed by atoms with Gasteiger partial charge in [-0.05, 0) is 47.6 Å². The topological polar surface area (TPSA) is 69.6 Å².